The highest BCUT2D eigenvalue weighted by atomic mass is 16.5. The minimum atomic E-state index is 0.0519. The van der Waals surface area contributed by atoms with Crippen LogP contribution in [0.3, 0.4) is 0 Å². The highest BCUT2D eigenvalue weighted by Crippen LogP contribution is 2.07. The zero-order valence-corrected chi connectivity index (χ0v) is 10.5. The molecule has 1 aliphatic heterocycles. The molecule has 1 atom stereocenters. The summed E-state index contributed by atoms with van der Waals surface area (Å²) in [6.45, 7) is 2.18. The molecule has 0 bridgehead atoms. The van der Waals surface area contributed by atoms with Crippen molar-refractivity contribution in [3.8, 4) is 0 Å². The fourth-order valence-electron chi connectivity index (χ4n) is 2.10. The van der Waals surface area contributed by atoms with E-state index in [1.165, 1.54) is 5.56 Å². The molecule has 0 aliphatic carbocycles. The molecule has 1 saturated heterocycles. The first-order chi connectivity index (χ1) is 8.75. The van der Waals surface area contributed by atoms with Gasteiger partial charge in [0.15, 0.2) is 0 Å². The highest BCUT2D eigenvalue weighted by molar-refractivity contribution is 5.77. The maximum Gasteiger partial charge on any atom is 0.248 e. The third-order valence-electron chi connectivity index (χ3n) is 3.18. The number of amides is 1. The Morgan fingerprint density at radius 1 is 1.39 bits per heavy atom. The van der Waals surface area contributed by atoms with Crippen molar-refractivity contribution in [1.82, 2.24) is 4.90 Å². The summed E-state index contributed by atoms with van der Waals surface area (Å²) in [5, 5.41) is 0. The predicted molar refractivity (Wildman–Crippen MR) is 70.1 cm³/mol. The molecule has 1 fully saturated rings. The van der Waals surface area contributed by atoms with E-state index in [4.69, 9.17) is 10.5 Å². The summed E-state index contributed by atoms with van der Waals surface area (Å²) in [6, 6.07) is 10.3. The van der Waals surface area contributed by atoms with Crippen LogP contribution in [0.25, 0.3) is 0 Å². The van der Waals surface area contributed by atoms with E-state index in [1.807, 2.05) is 18.2 Å². The van der Waals surface area contributed by atoms with Gasteiger partial charge in [0.2, 0.25) is 5.91 Å². The minimum Gasteiger partial charge on any atom is -0.371 e. The van der Waals surface area contributed by atoms with Gasteiger partial charge in [0, 0.05) is 19.1 Å². The monoisotopic (exact) mass is 248 g/mol. The summed E-state index contributed by atoms with van der Waals surface area (Å²) in [7, 11) is 0. The van der Waals surface area contributed by atoms with E-state index in [0.29, 0.717) is 13.2 Å². The average molecular weight is 248 g/mol. The van der Waals surface area contributed by atoms with E-state index in [1.54, 1.807) is 4.90 Å². The van der Waals surface area contributed by atoms with Crippen LogP contribution in [0.5, 0.6) is 0 Å². The molecule has 1 amide bonds. The van der Waals surface area contributed by atoms with Crippen molar-refractivity contribution in [2.75, 3.05) is 26.3 Å². The van der Waals surface area contributed by atoms with Gasteiger partial charge in [-0.25, -0.2) is 0 Å². The van der Waals surface area contributed by atoms with E-state index in [0.717, 1.165) is 19.4 Å². The molecule has 0 spiro atoms. The van der Waals surface area contributed by atoms with Gasteiger partial charge in [-0.2, -0.15) is 0 Å². The van der Waals surface area contributed by atoms with Crippen molar-refractivity contribution in [3.63, 3.8) is 0 Å². The number of hydrogen-bond donors (Lipinski definition) is 1. The van der Waals surface area contributed by atoms with Gasteiger partial charge in [-0.05, 0) is 18.4 Å². The summed E-state index contributed by atoms with van der Waals surface area (Å²) in [5.74, 6) is 0.0519. The van der Waals surface area contributed by atoms with E-state index in [-0.39, 0.29) is 18.6 Å². The molecule has 2 rings (SSSR count). The first-order valence-electron chi connectivity index (χ1n) is 6.41. The van der Waals surface area contributed by atoms with E-state index in [2.05, 4.69) is 12.1 Å². The summed E-state index contributed by atoms with van der Waals surface area (Å²) in [6.07, 6.45) is 1.74. The van der Waals surface area contributed by atoms with Crippen LogP contribution in [0.15, 0.2) is 30.3 Å². The van der Waals surface area contributed by atoms with Crippen LogP contribution in [0.4, 0.5) is 0 Å². The number of nitrogens with two attached hydrogens (primary N) is 1. The quantitative estimate of drug-likeness (QED) is 0.784. The van der Waals surface area contributed by atoms with Crippen LogP contribution < -0.4 is 5.73 Å². The molecular weight excluding hydrogens is 228 g/mol. The lowest BCUT2D eigenvalue weighted by Crippen LogP contribution is -2.34. The standard InChI is InChI=1S/C14H20N2O2/c15-13-6-8-16(10-13)14(17)11-18-9-7-12-4-2-1-3-5-12/h1-5,13H,6-11,15H2/t13-/m1/s1. The van der Waals surface area contributed by atoms with Gasteiger partial charge in [-0.15, -0.1) is 0 Å². The predicted octanol–water partition coefficient (Wildman–Crippen LogP) is 0.805. The summed E-state index contributed by atoms with van der Waals surface area (Å²) in [5.41, 5.74) is 6.99. The average Bonchev–Trinajstić information content (AvgIpc) is 2.82. The second-order valence-electron chi connectivity index (χ2n) is 4.68. The zero-order chi connectivity index (χ0) is 12.8. The number of carbonyl (C=O) groups excluding carboxylic acids is 1. The summed E-state index contributed by atoms with van der Waals surface area (Å²) < 4.78 is 5.41. The van der Waals surface area contributed by atoms with Crippen molar-refractivity contribution in [2.24, 2.45) is 5.73 Å². The molecule has 1 heterocycles. The number of nitrogens with zero attached hydrogens (tertiary/aromatic N) is 1. The topological polar surface area (TPSA) is 55.6 Å². The lowest BCUT2D eigenvalue weighted by atomic mass is 10.2. The van der Waals surface area contributed by atoms with E-state index in [9.17, 15) is 4.79 Å². The normalized spacial score (nSPS) is 19.2. The largest absolute Gasteiger partial charge is 0.371 e. The maximum atomic E-state index is 11.7. The smallest absolute Gasteiger partial charge is 0.248 e. The van der Waals surface area contributed by atoms with Gasteiger partial charge >= 0.3 is 0 Å². The lowest BCUT2D eigenvalue weighted by molar-refractivity contribution is -0.135. The second-order valence-corrected chi connectivity index (χ2v) is 4.68. The molecule has 0 saturated carbocycles. The fourth-order valence-corrected chi connectivity index (χ4v) is 2.10. The number of likely N-dealkylation sites (tertiary alicyclic amines) is 1. The highest BCUT2D eigenvalue weighted by Gasteiger charge is 2.23. The van der Waals surface area contributed by atoms with Crippen LogP contribution in [-0.4, -0.2) is 43.2 Å². The van der Waals surface area contributed by atoms with Gasteiger partial charge in [0.05, 0.1) is 6.61 Å². The van der Waals surface area contributed by atoms with E-state index >= 15 is 0 Å². The number of benzene rings is 1. The van der Waals surface area contributed by atoms with Crippen molar-refractivity contribution < 1.29 is 9.53 Å². The van der Waals surface area contributed by atoms with Crippen LogP contribution in [0.1, 0.15) is 12.0 Å². The second kappa shape index (κ2) is 6.52. The summed E-state index contributed by atoms with van der Waals surface area (Å²) >= 11 is 0. The third-order valence-corrected chi connectivity index (χ3v) is 3.18. The minimum absolute atomic E-state index is 0.0519. The van der Waals surface area contributed by atoms with Crippen molar-refractivity contribution in [1.29, 1.82) is 0 Å². The maximum absolute atomic E-state index is 11.7. The molecule has 1 aromatic rings. The van der Waals surface area contributed by atoms with Crippen LogP contribution >= 0.6 is 0 Å². The van der Waals surface area contributed by atoms with E-state index < -0.39 is 0 Å². The molecule has 18 heavy (non-hydrogen) atoms. The Morgan fingerprint density at radius 3 is 2.83 bits per heavy atom. The lowest BCUT2D eigenvalue weighted by Gasteiger charge is -2.15. The molecule has 0 radical (unpaired) electrons. The molecular formula is C14H20N2O2. The van der Waals surface area contributed by atoms with Crippen LogP contribution in [-0.2, 0) is 16.0 Å². The molecule has 0 aromatic heterocycles. The van der Waals surface area contributed by atoms with Crippen LogP contribution in [0, 0.1) is 0 Å². The fraction of sp³-hybridized carbons (Fsp3) is 0.500. The van der Waals surface area contributed by atoms with Crippen molar-refractivity contribution in [3.05, 3.63) is 35.9 Å². The molecule has 4 nitrogen and oxygen atoms in total. The number of hydrogen-bond acceptors (Lipinski definition) is 3. The molecule has 1 aromatic carbocycles. The molecule has 0 unspecified atom stereocenters. The Hall–Kier alpha value is -1.39. The summed E-state index contributed by atoms with van der Waals surface area (Å²) in [4.78, 5) is 13.5. The van der Waals surface area contributed by atoms with Gasteiger partial charge in [-0.3, -0.25) is 4.79 Å². The molecule has 2 N–H and O–H groups in total. The first kappa shape index (κ1) is 13.1. The van der Waals surface area contributed by atoms with Gasteiger partial charge in [0.25, 0.3) is 0 Å². The molecule has 1 aliphatic rings. The number of carbonyl (C=O) groups is 1. The SMILES string of the molecule is N[C@@H]1CCN(C(=O)COCCc2ccccc2)C1. The Balaban J connectivity index is 1.62. The van der Waals surface area contributed by atoms with Crippen molar-refractivity contribution in [2.45, 2.75) is 18.9 Å². The first-order valence-corrected chi connectivity index (χ1v) is 6.41. The van der Waals surface area contributed by atoms with Gasteiger partial charge < -0.3 is 15.4 Å². The van der Waals surface area contributed by atoms with Gasteiger partial charge in [-0.1, -0.05) is 30.3 Å². The number of rotatable bonds is 5. The van der Waals surface area contributed by atoms with Crippen LogP contribution in [0.2, 0.25) is 0 Å². The molecule has 4 heteroatoms. The Labute approximate surface area is 108 Å². The zero-order valence-electron chi connectivity index (χ0n) is 10.5. The third kappa shape index (κ3) is 3.82. The Kier molecular flexibility index (Phi) is 4.73. The Morgan fingerprint density at radius 2 is 2.17 bits per heavy atom. The Bertz CT molecular complexity index is 381. The van der Waals surface area contributed by atoms with Crippen molar-refractivity contribution >= 4 is 5.91 Å². The van der Waals surface area contributed by atoms with Gasteiger partial charge in [0.1, 0.15) is 6.61 Å². The molecule has 98 valence electrons. The number of ether oxygens (including phenoxy) is 1.